The summed E-state index contributed by atoms with van der Waals surface area (Å²) in [4.78, 5) is 15.6. The standard InChI is InChI=1S/C20H23NOS/c1-2-17-18(21-14-7-6-13-20(21)22)11-8-12-19(17)23-15-16-9-4-3-5-10-16/h3-5,8-12H,2,6-7,13-15H2,1H3. The Morgan fingerprint density at radius 1 is 1.04 bits per heavy atom. The monoisotopic (exact) mass is 325 g/mol. The SMILES string of the molecule is CCc1c(SCc2ccccc2)cccc1N1CCCCC1=O. The number of amides is 1. The fourth-order valence-corrected chi connectivity index (χ4v) is 4.21. The van der Waals surface area contributed by atoms with Crippen LogP contribution in [0.1, 0.15) is 37.3 Å². The second-order valence-corrected chi connectivity index (χ2v) is 6.90. The first kappa shape index (κ1) is 16.1. The van der Waals surface area contributed by atoms with Crippen LogP contribution in [-0.2, 0) is 17.0 Å². The van der Waals surface area contributed by atoms with E-state index >= 15 is 0 Å². The molecule has 120 valence electrons. The molecular formula is C20H23NOS. The normalized spacial score (nSPS) is 15.0. The summed E-state index contributed by atoms with van der Waals surface area (Å²) >= 11 is 1.87. The summed E-state index contributed by atoms with van der Waals surface area (Å²) in [6.45, 7) is 3.04. The third-order valence-corrected chi connectivity index (χ3v) is 5.48. The molecule has 0 aromatic heterocycles. The van der Waals surface area contributed by atoms with Crippen LogP contribution in [-0.4, -0.2) is 12.5 Å². The molecular weight excluding hydrogens is 302 g/mol. The minimum atomic E-state index is 0.274. The summed E-state index contributed by atoms with van der Waals surface area (Å²) in [5, 5.41) is 0. The Morgan fingerprint density at radius 3 is 2.61 bits per heavy atom. The van der Waals surface area contributed by atoms with Gasteiger partial charge in [-0.25, -0.2) is 0 Å². The van der Waals surface area contributed by atoms with E-state index < -0.39 is 0 Å². The number of hydrogen-bond donors (Lipinski definition) is 0. The lowest BCUT2D eigenvalue weighted by Gasteiger charge is -2.29. The van der Waals surface area contributed by atoms with E-state index in [4.69, 9.17) is 0 Å². The number of thioether (sulfide) groups is 1. The van der Waals surface area contributed by atoms with Crippen molar-refractivity contribution in [1.82, 2.24) is 0 Å². The lowest BCUT2D eigenvalue weighted by atomic mass is 10.1. The van der Waals surface area contributed by atoms with Gasteiger partial charge in [-0.05, 0) is 42.5 Å². The molecule has 0 N–H and O–H groups in total. The Hall–Kier alpha value is -1.74. The van der Waals surface area contributed by atoms with Crippen LogP contribution >= 0.6 is 11.8 Å². The third kappa shape index (κ3) is 3.78. The molecule has 2 aromatic rings. The van der Waals surface area contributed by atoms with E-state index in [1.807, 2.05) is 22.7 Å². The van der Waals surface area contributed by atoms with Crippen LogP contribution in [0.3, 0.4) is 0 Å². The van der Waals surface area contributed by atoms with Crippen molar-refractivity contribution in [2.75, 3.05) is 11.4 Å². The van der Waals surface area contributed by atoms with Crippen molar-refractivity contribution in [1.29, 1.82) is 0 Å². The minimum absolute atomic E-state index is 0.274. The first-order valence-corrected chi connectivity index (χ1v) is 9.37. The van der Waals surface area contributed by atoms with Gasteiger partial charge in [0.25, 0.3) is 0 Å². The zero-order valence-corrected chi connectivity index (χ0v) is 14.4. The fourth-order valence-electron chi connectivity index (χ4n) is 3.09. The minimum Gasteiger partial charge on any atom is -0.312 e. The number of rotatable bonds is 5. The van der Waals surface area contributed by atoms with Gasteiger partial charge in [-0.15, -0.1) is 11.8 Å². The Kier molecular flexibility index (Phi) is 5.39. The predicted molar refractivity (Wildman–Crippen MR) is 98.0 cm³/mol. The van der Waals surface area contributed by atoms with Gasteiger partial charge in [-0.3, -0.25) is 4.79 Å². The summed E-state index contributed by atoms with van der Waals surface area (Å²) in [7, 11) is 0. The lowest BCUT2D eigenvalue weighted by molar-refractivity contribution is -0.119. The van der Waals surface area contributed by atoms with Gasteiger partial charge >= 0.3 is 0 Å². The molecule has 1 fully saturated rings. The molecule has 0 bridgehead atoms. The number of carbonyl (C=O) groups excluding carboxylic acids is 1. The largest absolute Gasteiger partial charge is 0.312 e. The lowest BCUT2D eigenvalue weighted by Crippen LogP contribution is -2.35. The average molecular weight is 325 g/mol. The van der Waals surface area contributed by atoms with Gasteiger partial charge in [-0.2, -0.15) is 0 Å². The van der Waals surface area contributed by atoms with Crippen LogP contribution in [0.25, 0.3) is 0 Å². The molecule has 0 radical (unpaired) electrons. The van der Waals surface area contributed by atoms with Crippen LogP contribution in [0.2, 0.25) is 0 Å². The molecule has 0 aliphatic carbocycles. The predicted octanol–water partition coefficient (Wildman–Crippen LogP) is 5.06. The van der Waals surface area contributed by atoms with E-state index in [0.717, 1.165) is 37.2 Å². The summed E-state index contributed by atoms with van der Waals surface area (Å²) in [5.41, 5.74) is 3.76. The van der Waals surface area contributed by atoms with Crippen molar-refractivity contribution in [3.8, 4) is 0 Å². The van der Waals surface area contributed by atoms with E-state index in [9.17, 15) is 4.79 Å². The number of piperidine rings is 1. The second kappa shape index (κ2) is 7.69. The number of nitrogens with zero attached hydrogens (tertiary/aromatic N) is 1. The molecule has 1 heterocycles. The maximum atomic E-state index is 12.3. The average Bonchev–Trinajstić information content (AvgIpc) is 2.61. The molecule has 3 heteroatoms. The van der Waals surface area contributed by atoms with Crippen molar-refractivity contribution < 1.29 is 4.79 Å². The molecule has 1 saturated heterocycles. The molecule has 0 atom stereocenters. The maximum absolute atomic E-state index is 12.3. The van der Waals surface area contributed by atoms with Crippen LogP contribution in [0.4, 0.5) is 5.69 Å². The van der Waals surface area contributed by atoms with Crippen molar-refractivity contribution in [3.05, 3.63) is 59.7 Å². The van der Waals surface area contributed by atoms with Gasteiger partial charge < -0.3 is 4.90 Å². The van der Waals surface area contributed by atoms with E-state index in [-0.39, 0.29) is 5.91 Å². The highest BCUT2D eigenvalue weighted by Crippen LogP contribution is 2.34. The highest BCUT2D eigenvalue weighted by molar-refractivity contribution is 7.98. The molecule has 23 heavy (non-hydrogen) atoms. The molecule has 1 aliphatic heterocycles. The van der Waals surface area contributed by atoms with Crippen molar-refractivity contribution in [2.45, 2.75) is 43.3 Å². The fraction of sp³-hybridized carbons (Fsp3) is 0.350. The molecule has 2 aromatic carbocycles. The van der Waals surface area contributed by atoms with E-state index in [0.29, 0.717) is 6.42 Å². The molecule has 2 nitrogen and oxygen atoms in total. The highest BCUT2D eigenvalue weighted by Gasteiger charge is 2.22. The quantitative estimate of drug-likeness (QED) is 0.716. The number of hydrogen-bond acceptors (Lipinski definition) is 2. The second-order valence-electron chi connectivity index (χ2n) is 5.88. The van der Waals surface area contributed by atoms with E-state index in [1.165, 1.54) is 16.0 Å². The maximum Gasteiger partial charge on any atom is 0.226 e. The van der Waals surface area contributed by atoms with Crippen LogP contribution in [0.5, 0.6) is 0 Å². The first-order chi connectivity index (χ1) is 11.3. The van der Waals surface area contributed by atoms with Gasteiger partial charge in [0.05, 0.1) is 0 Å². The van der Waals surface area contributed by atoms with Gasteiger partial charge in [-0.1, -0.05) is 43.3 Å². The van der Waals surface area contributed by atoms with Gasteiger partial charge in [0.2, 0.25) is 5.91 Å². The summed E-state index contributed by atoms with van der Waals surface area (Å²) in [6.07, 6.45) is 3.77. The van der Waals surface area contributed by atoms with Crippen LogP contribution < -0.4 is 4.90 Å². The topological polar surface area (TPSA) is 20.3 Å². The van der Waals surface area contributed by atoms with E-state index in [2.05, 4.69) is 49.4 Å². The van der Waals surface area contributed by atoms with Gasteiger partial charge in [0.1, 0.15) is 0 Å². The van der Waals surface area contributed by atoms with Crippen molar-refractivity contribution in [3.63, 3.8) is 0 Å². The Balaban J connectivity index is 1.83. The molecule has 1 amide bonds. The van der Waals surface area contributed by atoms with Crippen molar-refractivity contribution in [2.24, 2.45) is 0 Å². The van der Waals surface area contributed by atoms with Crippen molar-refractivity contribution >= 4 is 23.4 Å². The first-order valence-electron chi connectivity index (χ1n) is 8.38. The van der Waals surface area contributed by atoms with Crippen LogP contribution in [0.15, 0.2) is 53.4 Å². The molecule has 0 unspecified atom stereocenters. The Labute approximate surface area is 142 Å². The Morgan fingerprint density at radius 2 is 1.87 bits per heavy atom. The zero-order chi connectivity index (χ0) is 16.1. The number of carbonyl (C=O) groups is 1. The van der Waals surface area contributed by atoms with Gasteiger partial charge in [0, 0.05) is 29.3 Å². The zero-order valence-electron chi connectivity index (χ0n) is 13.6. The third-order valence-electron chi connectivity index (χ3n) is 4.31. The molecule has 0 spiro atoms. The summed E-state index contributed by atoms with van der Waals surface area (Å²) < 4.78 is 0. The summed E-state index contributed by atoms with van der Waals surface area (Å²) in [5.74, 6) is 1.24. The molecule has 0 saturated carbocycles. The number of anilines is 1. The van der Waals surface area contributed by atoms with Gasteiger partial charge in [0.15, 0.2) is 0 Å². The molecule has 3 rings (SSSR count). The van der Waals surface area contributed by atoms with E-state index in [1.54, 1.807) is 0 Å². The smallest absolute Gasteiger partial charge is 0.226 e. The summed E-state index contributed by atoms with van der Waals surface area (Å²) in [6, 6.07) is 16.9. The van der Waals surface area contributed by atoms with Crippen LogP contribution in [0, 0.1) is 0 Å². The Bertz CT molecular complexity index is 669. The molecule has 1 aliphatic rings. The highest BCUT2D eigenvalue weighted by atomic mass is 32.2. The number of benzene rings is 2.